The summed E-state index contributed by atoms with van der Waals surface area (Å²) < 4.78 is 31.4. The highest BCUT2D eigenvalue weighted by Gasteiger charge is 2.34. The summed E-state index contributed by atoms with van der Waals surface area (Å²) in [5.74, 6) is 1.60. The van der Waals surface area contributed by atoms with E-state index in [1.165, 1.54) is 11.3 Å². The van der Waals surface area contributed by atoms with Crippen LogP contribution in [0, 0.1) is 17.8 Å². The van der Waals surface area contributed by atoms with E-state index in [9.17, 15) is 13.9 Å². The van der Waals surface area contributed by atoms with Crippen molar-refractivity contribution in [1.82, 2.24) is 4.90 Å². The molecule has 6 heteroatoms. The zero-order valence-electron chi connectivity index (χ0n) is 23.9. The Hall–Kier alpha value is -2.34. The molecule has 2 rings (SSSR count). The largest absolute Gasteiger partial charge is 0.433 e. The summed E-state index contributed by atoms with van der Waals surface area (Å²) in [6.45, 7) is 13.8. The Morgan fingerprint density at radius 3 is 2.24 bits per heavy atom. The molecule has 1 aromatic rings. The van der Waals surface area contributed by atoms with Crippen molar-refractivity contribution in [3.8, 4) is 5.75 Å². The van der Waals surface area contributed by atoms with Gasteiger partial charge in [-0.1, -0.05) is 52.2 Å². The Morgan fingerprint density at radius 1 is 1.16 bits per heavy atom. The smallest absolute Gasteiger partial charge is 0.394 e. The third-order valence-corrected chi connectivity index (χ3v) is 7.46. The molecule has 0 saturated carbocycles. The van der Waals surface area contributed by atoms with Crippen LogP contribution in [-0.4, -0.2) is 42.9 Å². The van der Waals surface area contributed by atoms with E-state index in [2.05, 4.69) is 62.6 Å². The van der Waals surface area contributed by atoms with Gasteiger partial charge in [0.1, 0.15) is 5.75 Å². The number of hydrogen-bond donors (Lipinski definition) is 1. The van der Waals surface area contributed by atoms with Gasteiger partial charge in [0.25, 0.3) is 0 Å². The summed E-state index contributed by atoms with van der Waals surface area (Å²) in [7, 11) is 2.05. The van der Waals surface area contributed by atoms with E-state index in [0.29, 0.717) is 17.8 Å². The van der Waals surface area contributed by atoms with Gasteiger partial charge in [0.2, 0.25) is 0 Å². The first-order chi connectivity index (χ1) is 17.6. The average Bonchev–Trinajstić information content (AvgIpc) is 2.83. The van der Waals surface area contributed by atoms with Crippen molar-refractivity contribution in [3.63, 3.8) is 0 Å². The SMILES string of the molecule is C\C=C/C(=C(\C(=C\C)N(C)c1ccc(OC(C)(F)F)cc1)C(CCC)C(CC)CC)N1CC(CCO)C1. The van der Waals surface area contributed by atoms with Crippen LogP contribution in [0.2, 0.25) is 0 Å². The molecular formula is C31H48F2N2O2. The molecule has 4 nitrogen and oxygen atoms in total. The predicted octanol–water partition coefficient (Wildman–Crippen LogP) is 8.02. The number of likely N-dealkylation sites (tertiary alicyclic amines) is 1. The molecule has 1 aliphatic rings. The fourth-order valence-electron chi connectivity index (χ4n) is 5.56. The number of rotatable bonds is 15. The van der Waals surface area contributed by atoms with Crippen LogP contribution < -0.4 is 9.64 Å². The van der Waals surface area contributed by atoms with Gasteiger partial charge in [0.05, 0.1) is 0 Å². The van der Waals surface area contributed by atoms with Crippen LogP contribution in [0.25, 0.3) is 0 Å². The second-order valence-corrected chi connectivity index (χ2v) is 10.2. The Kier molecular flexibility index (Phi) is 12.2. The molecule has 1 N–H and O–H groups in total. The van der Waals surface area contributed by atoms with E-state index < -0.39 is 6.11 Å². The lowest BCUT2D eigenvalue weighted by atomic mass is 9.76. The van der Waals surface area contributed by atoms with Crippen molar-refractivity contribution in [1.29, 1.82) is 0 Å². The maximum atomic E-state index is 13.3. The van der Waals surface area contributed by atoms with Gasteiger partial charge in [-0.05, 0) is 74.8 Å². The minimum absolute atomic E-state index is 0.147. The third kappa shape index (κ3) is 8.33. The molecule has 0 radical (unpaired) electrons. The van der Waals surface area contributed by atoms with Gasteiger partial charge in [-0.25, -0.2) is 0 Å². The van der Waals surface area contributed by atoms with Crippen molar-refractivity contribution in [3.05, 3.63) is 59.5 Å². The zero-order chi connectivity index (χ0) is 27.6. The zero-order valence-corrected chi connectivity index (χ0v) is 23.9. The number of likely N-dealkylation sites (N-methyl/N-ethyl adjacent to an activating group) is 1. The van der Waals surface area contributed by atoms with E-state index in [1.807, 2.05) is 19.2 Å². The molecular weight excluding hydrogens is 470 g/mol. The molecule has 0 amide bonds. The molecule has 1 unspecified atom stereocenters. The van der Waals surface area contributed by atoms with Gasteiger partial charge >= 0.3 is 6.11 Å². The highest BCUT2D eigenvalue weighted by molar-refractivity contribution is 5.59. The fourth-order valence-corrected chi connectivity index (χ4v) is 5.56. The number of benzene rings is 1. The lowest BCUT2D eigenvalue weighted by Crippen LogP contribution is -2.47. The molecule has 1 fully saturated rings. The molecule has 1 aliphatic heterocycles. The van der Waals surface area contributed by atoms with Crippen LogP contribution in [0.15, 0.2) is 59.5 Å². The third-order valence-electron chi connectivity index (χ3n) is 7.46. The number of aliphatic hydroxyl groups excluding tert-OH is 1. The first-order valence-corrected chi connectivity index (χ1v) is 13.9. The number of halogens is 2. The molecule has 37 heavy (non-hydrogen) atoms. The molecule has 1 aromatic carbocycles. The molecule has 0 aromatic heterocycles. The van der Waals surface area contributed by atoms with E-state index in [4.69, 9.17) is 4.74 Å². The number of hydrogen-bond acceptors (Lipinski definition) is 4. The maximum Gasteiger partial charge on any atom is 0.394 e. The Bertz CT molecular complexity index is 908. The van der Waals surface area contributed by atoms with E-state index in [1.54, 1.807) is 12.1 Å². The lowest BCUT2D eigenvalue weighted by Gasteiger charge is -2.45. The summed E-state index contributed by atoms with van der Waals surface area (Å²) in [5, 5.41) is 9.43. The van der Waals surface area contributed by atoms with Crippen molar-refractivity contribution >= 4 is 5.69 Å². The Balaban J connectivity index is 2.60. The van der Waals surface area contributed by atoms with Crippen molar-refractivity contribution in [2.24, 2.45) is 17.8 Å². The predicted molar refractivity (Wildman–Crippen MR) is 151 cm³/mol. The van der Waals surface area contributed by atoms with Gasteiger partial charge in [-0.2, -0.15) is 8.78 Å². The minimum atomic E-state index is -3.22. The number of anilines is 1. The normalized spacial score (nSPS) is 16.7. The first-order valence-electron chi connectivity index (χ1n) is 13.9. The highest BCUT2D eigenvalue weighted by atomic mass is 19.3. The number of nitrogens with zero attached hydrogens (tertiary/aromatic N) is 2. The van der Waals surface area contributed by atoms with Crippen molar-refractivity contribution in [2.75, 3.05) is 31.6 Å². The van der Waals surface area contributed by atoms with Gasteiger partial charge in [-0.3, -0.25) is 0 Å². The van der Waals surface area contributed by atoms with E-state index in [0.717, 1.165) is 63.5 Å². The average molecular weight is 519 g/mol. The Morgan fingerprint density at radius 2 is 1.78 bits per heavy atom. The summed E-state index contributed by atoms with van der Waals surface area (Å²) in [4.78, 5) is 4.63. The Labute approximate surface area is 223 Å². The van der Waals surface area contributed by atoms with E-state index >= 15 is 0 Å². The van der Waals surface area contributed by atoms with Crippen molar-refractivity contribution < 1.29 is 18.6 Å². The van der Waals surface area contributed by atoms with Gasteiger partial charge in [0, 0.05) is 56.3 Å². The molecule has 1 atom stereocenters. The van der Waals surface area contributed by atoms with Gasteiger partial charge in [-0.15, -0.1) is 0 Å². The second kappa shape index (κ2) is 14.6. The highest BCUT2D eigenvalue weighted by Crippen LogP contribution is 2.41. The summed E-state index contributed by atoms with van der Waals surface area (Å²) >= 11 is 0. The van der Waals surface area contributed by atoms with Crippen LogP contribution >= 0.6 is 0 Å². The van der Waals surface area contributed by atoms with Crippen molar-refractivity contribution in [2.45, 2.75) is 79.8 Å². The van der Waals surface area contributed by atoms with Crippen LogP contribution in [0.1, 0.15) is 73.6 Å². The van der Waals surface area contributed by atoms with E-state index in [-0.39, 0.29) is 12.4 Å². The van der Waals surface area contributed by atoms with Crippen LogP contribution in [-0.2, 0) is 0 Å². The van der Waals surface area contributed by atoms with Gasteiger partial charge < -0.3 is 19.6 Å². The summed E-state index contributed by atoms with van der Waals surface area (Å²) in [6, 6.07) is 6.88. The lowest BCUT2D eigenvalue weighted by molar-refractivity contribution is -0.158. The molecule has 1 saturated heterocycles. The monoisotopic (exact) mass is 518 g/mol. The summed E-state index contributed by atoms with van der Waals surface area (Å²) in [5.41, 5.74) is 4.66. The fraction of sp³-hybridized carbons (Fsp3) is 0.613. The number of aliphatic hydroxyl groups is 1. The van der Waals surface area contributed by atoms with Crippen LogP contribution in [0.5, 0.6) is 5.75 Å². The number of alkyl halides is 2. The number of allylic oxidation sites excluding steroid dienone is 4. The van der Waals surface area contributed by atoms with Crippen LogP contribution in [0.4, 0.5) is 14.5 Å². The first kappa shape index (κ1) is 30.9. The molecule has 1 heterocycles. The van der Waals surface area contributed by atoms with Gasteiger partial charge in [0.15, 0.2) is 0 Å². The topological polar surface area (TPSA) is 35.9 Å². The summed E-state index contributed by atoms with van der Waals surface area (Å²) in [6.07, 6.45) is 8.58. The molecule has 0 bridgehead atoms. The number of ether oxygens (including phenoxy) is 1. The second-order valence-electron chi connectivity index (χ2n) is 10.2. The molecule has 0 spiro atoms. The molecule has 208 valence electrons. The minimum Gasteiger partial charge on any atom is -0.433 e. The quantitative estimate of drug-likeness (QED) is 0.239. The maximum absolute atomic E-state index is 13.3. The standard InChI is InChI=1S/C31H48F2N2O2/c1-8-13-27(24(10-3)11-4)30(29(14-9-2)35-21-23(22-35)19-20-36)28(12-5)34(7)25-15-17-26(18-16-25)37-31(6,32)33/h9,12,14-18,23-24,27,36H,8,10-11,13,19-22H2,1-7H3/b14-9-,28-12-,30-29+. The molecule has 0 aliphatic carbocycles. The van der Waals surface area contributed by atoms with Crippen LogP contribution in [0.3, 0.4) is 0 Å².